The summed E-state index contributed by atoms with van der Waals surface area (Å²) < 4.78 is 0. The second-order valence-corrected chi connectivity index (χ2v) is 2.83. The molecule has 7 heteroatoms. The number of nitrogens with zero attached hydrogens (tertiary/aromatic N) is 2. The smallest absolute Gasteiger partial charge is 0.289 e. The number of aromatic nitrogens is 3. The van der Waals surface area contributed by atoms with E-state index in [1.165, 1.54) is 24.3 Å². The third-order valence-electron chi connectivity index (χ3n) is 1.85. The summed E-state index contributed by atoms with van der Waals surface area (Å²) in [5.41, 5.74) is 0.193. The third kappa shape index (κ3) is 1.75. The number of hydrogen-bond donors (Lipinski definition) is 2. The first kappa shape index (κ1) is 9.13. The fraction of sp³-hybridized carbons (Fsp3) is 0. The number of nitro benzene ring substituents is 1. The molecule has 0 amide bonds. The van der Waals surface area contributed by atoms with Gasteiger partial charge >= 0.3 is 5.69 Å². The van der Waals surface area contributed by atoms with Crippen LogP contribution < -0.4 is 5.69 Å². The highest BCUT2D eigenvalue weighted by Gasteiger charge is 2.06. The Morgan fingerprint density at radius 1 is 1.27 bits per heavy atom. The molecule has 1 aromatic carbocycles. The first-order valence-corrected chi connectivity index (χ1v) is 4.06. The third-order valence-corrected chi connectivity index (χ3v) is 1.85. The standard InChI is InChI=1S/C8H6N4O3/c13-8-9-7(10-11-8)5-1-3-6(4-2-5)12(14)15/h1-4H,(H2,9,10,11,13). The summed E-state index contributed by atoms with van der Waals surface area (Å²) in [5.74, 6) is 0.356. The van der Waals surface area contributed by atoms with Gasteiger partial charge in [-0.2, -0.15) is 5.10 Å². The molecule has 0 aliphatic heterocycles. The van der Waals surface area contributed by atoms with Crippen LogP contribution in [0.1, 0.15) is 0 Å². The Labute approximate surface area is 82.9 Å². The average Bonchev–Trinajstić information content (AvgIpc) is 2.65. The van der Waals surface area contributed by atoms with Gasteiger partial charge in [-0.1, -0.05) is 0 Å². The van der Waals surface area contributed by atoms with Crippen molar-refractivity contribution < 1.29 is 4.92 Å². The molecule has 0 saturated carbocycles. The summed E-state index contributed by atoms with van der Waals surface area (Å²) >= 11 is 0. The molecule has 76 valence electrons. The van der Waals surface area contributed by atoms with Crippen LogP contribution in [0.4, 0.5) is 5.69 Å². The van der Waals surface area contributed by atoms with Crippen molar-refractivity contribution in [2.75, 3.05) is 0 Å². The monoisotopic (exact) mass is 206 g/mol. The molecule has 0 aliphatic rings. The quantitative estimate of drug-likeness (QED) is 0.556. The van der Waals surface area contributed by atoms with Gasteiger partial charge in [0.25, 0.3) is 5.69 Å². The van der Waals surface area contributed by atoms with Gasteiger partial charge in [0.2, 0.25) is 0 Å². The average molecular weight is 206 g/mol. The van der Waals surface area contributed by atoms with E-state index >= 15 is 0 Å². The van der Waals surface area contributed by atoms with Crippen LogP contribution in [0, 0.1) is 10.1 Å². The second kappa shape index (κ2) is 3.37. The summed E-state index contributed by atoms with van der Waals surface area (Å²) in [6.45, 7) is 0. The summed E-state index contributed by atoms with van der Waals surface area (Å²) in [4.78, 5) is 23.1. The number of benzene rings is 1. The molecule has 15 heavy (non-hydrogen) atoms. The van der Waals surface area contributed by atoms with Crippen molar-refractivity contribution in [2.45, 2.75) is 0 Å². The van der Waals surface area contributed by atoms with Crippen molar-refractivity contribution in [1.29, 1.82) is 0 Å². The topological polar surface area (TPSA) is 105 Å². The molecule has 0 spiro atoms. The van der Waals surface area contributed by atoms with Crippen LogP contribution in [0.5, 0.6) is 0 Å². The maximum atomic E-state index is 10.8. The molecule has 0 saturated heterocycles. The summed E-state index contributed by atoms with van der Waals surface area (Å²) in [6.07, 6.45) is 0. The van der Waals surface area contributed by atoms with E-state index in [0.29, 0.717) is 11.4 Å². The molecule has 0 aliphatic carbocycles. The molecule has 2 N–H and O–H groups in total. The Morgan fingerprint density at radius 2 is 1.93 bits per heavy atom. The van der Waals surface area contributed by atoms with Gasteiger partial charge in [-0.05, 0) is 12.1 Å². The maximum absolute atomic E-state index is 10.8. The van der Waals surface area contributed by atoms with Gasteiger partial charge in [0.05, 0.1) is 4.92 Å². The van der Waals surface area contributed by atoms with E-state index < -0.39 is 10.6 Å². The molecule has 2 aromatic rings. The molecular formula is C8H6N4O3. The number of nitrogens with one attached hydrogen (secondary N) is 2. The Hall–Kier alpha value is -2.44. The van der Waals surface area contributed by atoms with E-state index in [4.69, 9.17) is 0 Å². The molecule has 0 unspecified atom stereocenters. The second-order valence-electron chi connectivity index (χ2n) is 2.83. The lowest BCUT2D eigenvalue weighted by molar-refractivity contribution is -0.384. The highest BCUT2D eigenvalue weighted by molar-refractivity contribution is 5.56. The highest BCUT2D eigenvalue weighted by Crippen LogP contribution is 2.17. The Bertz CT molecular complexity index is 540. The van der Waals surface area contributed by atoms with E-state index in [0.717, 1.165) is 0 Å². The number of H-pyrrole nitrogens is 2. The predicted molar refractivity (Wildman–Crippen MR) is 51.3 cm³/mol. The van der Waals surface area contributed by atoms with E-state index in [9.17, 15) is 14.9 Å². The van der Waals surface area contributed by atoms with Gasteiger partial charge in [0, 0.05) is 17.7 Å². The van der Waals surface area contributed by atoms with Crippen LogP contribution >= 0.6 is 0 Å². The normalized spacial score (nSPS) is 10.1. The van der Waals surface area contributed by atoms with Gasteiger partial charge in [0.15, 0.2) is 5.82 Å². The highest BCUT2D eigenvalue weighted by atomic mass is 16.6. The Morgan fingerprint density at radius 3 is 2.40 bits per heavy atom. The first-order valence-electron chi connectivity index (χ1n) is 4.06. The van der Waals surface area contributed by atoms with E-state index in [-0.39, 0.29) is 5.69 Å². The zero-order chi connectivity index (χ0) is 10.8. The van der Waals surface area contributed by atoms with Crippen LogP contribution in [0.15, 0.2) is 29.1 Å². The zero-order valence-electron chi connectivity index (χ0n) is 7.43. The molecule has 0 radical (unpaired) electrons. The van der Waals surface area contributed by atoms with Crippen molar-refractivity contribution >= 4 is 5.69 Å². The van der Waals surface area contributed by atoms with Crippen molar-refractivity contribution in [3.63, 3.8) is 0 Å². The van der Waals surface area contributed by atoms with Crippen LogP contribution in [0.25, 0.3) is 11.4 Å². The van der Waals surface area contributed by atoms with Crippen LogP contribution in [-0.2, 0) is 0 Å². The minimum absolute atomic E-state index is 0.00312. The van der Waals surface area contributed by atoms with Crippen molar-refractivity contribution in [3.8, 4) is 11.4 Å². The number of hydrogen-bond acceptors (Lipinski definition) is 4. The van der Waals surface area contributed by atoms with E-state index in [1.807, 2.05) is 0 Å². The molecule has 0 atom stereocenters. The number of rotatable bonds is 2. The number of non-ortho nitro benzene ring substituents is 1. The van der Waals surface area contributed by atoms with Gasteiger partial charge in [-0.15, -0.1) is 0 Å². The maximum Gasteiger partial charge on any atom is 0.340 e. The molecule has 0 bridgehead atoms. The summed E-state index contributed by atoms with van der Waals surface area (Å²) in [5, 5.41) is 16.3. The van der Waals surface area contributed by atoms with Gasteiger partial charge in [0.1, 0.15) is 0 Å². The van der Waals surface area contributed by atoms with Crippen LogP contribution in [0.3, 0.4) is 0 Å². The molecule has 7 nitrogen and oxygen atoms in total. The van der Waals surface area contributed by atoms with Gasteiger partial charge in [-0.25, -0.2) is 9.89 Å². The molecular weight excluding hydrogens is 200 g/mol. The van der Waals surface area contributed by atoms with E-state index in [2.05, 4.69) is 15.2 Å². The molecule has 0 fully saturated rings. The Balaban J connectivity index is 2.39. The minimum Gasteiger partial charge on any atom is -0.289 e. The zero-order valence-corrected chi connectivity index (χ0v) is 7.43. The number of nitro groups is 1. The fourth-order valence-corrected chi connectivity index (χ4v) is 1.15. The van der Waals surface area contributed by atoms with Crippen LogP contribution in [-0.4, -0.2) is 20.1 Å². The summed E-state index contributed by atoms with van der Waals surface area (Å²) in [6, 6.07) is 5.74. The SMILES string of the molecule is O=c1[nH]nc(-c2ccc([N+](=O)[O-])cc2)[nH]1. The molecule has 2 rings (SSSR count). The lowest BCUT2D eigenvalue weighted by atomic mass is 10.2. The largest absolute Gasteiger partial charge is 0.340 e. The fourth-order valence-electron chi connectivity index (χ4n) is 1.15. The molecule has 1 aromatic heterocycles. The predicted octanol–water partition coefficient (Wildman–Crippen LogP) is 0.673. The lowest BCUT2D eigenvalue weighted by Gasteiger charge is -1.94. The minimum atomic E-state index is -0.489. The van der Waals surface area contributed by atoms with Gasteiger partial charge < -0.3 is 0 Å². The van der Waals surface area contributed by atoms with Crippen molar-refractivity contribution in [2.24, 2.45) is 0 Å². The Kier molecular flexibility index (Phi) is 2.05. The van der Waals surface area contributed by atoms with Crippen LogP contribution in [0.2, 0.25) is 0 Å². The van der Waals surface area contributed by atoms with Crippen molar-refractivity contribution in [3.05, 3.63) is 44.9 Å². The number of aromatic amines is 2. The van der Waals surface area contributed by atoms with Gasteiger partial charge in [-0.3, -0.25) is 15.1 Å². The lowest BCUT2D eigenvalue weighted by Crippen LogP contribution is -2.00. The first-order chi connectivity index (χ1) is 7.16. The summed E-state index contributed by atoms with van der Waals surface area (Å²) in [7, 11) is 0. The van der Waals surface area contributed by atoms with Crippen molar-refractivity contribution in [1.82, 2.24) is 15.2 Å². The molecule has 1 heterocycles. The van der Waals surface area contributed by atoms with E-state index in [1.54, 1.807) is 0 Å².